The molecule has 0 bridgehead atoms. The number of aromatic nitrogens is 5. The summed E-state index contributed by atoms with van der Waals surface area (Å²) in [4.78, 5) is 15.3. The molecule has 1 fully saturated rings. The van der Waals surface area contributed by atoms with Crippen LogP contribution in [0.15, 0.2) is 11.1 Å². The van der Waals surface area contributed by atoms with Crippen molar-refractivity contribution in [3.05, 3.63) is 16.7 Å². The summed E-state index contributed by atoms with van der Waals surface area (Å²) >= 11 is 0. The molecule has 3 rings (SSSR count). The van der Waals surface area contributed by atoms with E-state index in [4.69, 9.17) is 9.84 Å². The molecule has 4 N–H and O–H groups in total. The lowest BCUT2D eigenvalue weighted by atomic mass is 10.1. The number of rotatable bonds is 2. The highest BCUT2D eigenvalue weighted by molar-refractivity contribution is 5.68. The van der Waals surface area contributed by atoms with Gasteiger partial charge in [-0.3, -0.25) is 9.36 Å². The maximum Gasteiger partial charge on any atom is 0.295 e. The third kappa shape index (κ3) is 1.73. The van der Waals surface area contributed by atoms with Gasteiger partial charge in [-0.05, 0) is 0 Å². The predicted molar refractivity (Wildman–Crippen MR) is 59.0 cm³/mol. The molecule has 1 aliphatic heterocycles. The highest BCUT2D eigenvalue weighted by Crippen LogP contribution is 2.30. The van der Waals surface area contributed by atoms with E-state index < -0.39 is 36.7 Å². The summed E-state index contributed by atoms with van der Waals surface area (Å²) in [7, 11) is 0. The van der Waals surface area contributed by atoms with Crippen molar-refractivity contribution in [2.45, 2.75) is 24.5 Å². The number of aliphatic hydroxyl groups excluding tert-OH is 3. The number of nitrogens with zero attached hydrogens (tertiary/aromatic N) is 4. The lowest BCUT2D eigenvalue weighted by Crippen LogP contribution is -2.33. The molecular weight excluding hydrogens is 258 g/mol. The van der Waals surface area contributed by atoms with Gasteiger partial charge in [0, 0.05) is 0 Å². The second-order valence-corrected chi connectivity index (χ2v) is 4.19. The topological polar surface area (TPSA) is 146 Å². The maximum atomic E-state index is 11.4. The Morgan fingerprint density at radius 3 is 2.89 bits per heavy atom. The van der Waals surface area contributed by atoms with E-state index in [2.05, 4.69) is 20.4 Å². The number of nitrogens with one attached hydrogen (secondary N) is 1. The molecule has 10 heteroatoms. The lowest BCUT2D eigenvalue weighted by molar-refractivity contribution is -0.0511. The van der Waals surface area contributed by atoms with Crippen LogP contribution in [0.5, 0.6) is 0 Å². The average Bonchev–Trinajstić information content (AvgIpc) is 2.94. The number of H-pyrrole nitrogens is 1. The van der Waals surface area contributed by atoms with Gasteiger partial charge >= 0.3 is 0 Å². The molecule has 2 aromatic rings. The Labute approximate surface area is 105 Å². The van der Waals surface area contributed by atoms with Gasteiger partial charge in [0.15, 0.2) is 17.4 Å². The van der Waals surface area contributed by atoms with Gasteiger partial charge in [0.05, 0.1) is 12.9 Å². The molecule has 0 radical (unpaired) electrons. The molecule has 1 saturated heterocycles. The standard InChI is InChI=1S/C9H11N5O5/c15-1-3-5(16)6(17)9(19-3)14-2-10-4-7(14)11-13-12-8(4)18/h2-3,5-6,9,15-17H,1H2,(H,11,12,18). The lowest BCUT2D eigenvalue weighted by Gasteiger charge is -2.15. The monoisotopic (exact) mass is 269 g/mol. The van der Waals surface area contributed by atoms with Gasteiger partial charge in [-0.25, -0.2) is 10.1 Å². The molecule has 2 aromatic heterocycles. The zero-order valence-corrected chi connectivity index (χ0v) is 9.54. The first-order valence-electron chi connectivity index (χ1n) is 5.54. The first-order valence-corrected chi connectivity index (χ1v) is 5.54. The average molecular weight is 269 g/mol. The third-order valence-electron chi connectivity index (χ3n) is 3.07. The minimum Gasteiger partial charge on any atom is -0.394 e. The number of imidazole rings is 1. The first kappa shape index (κ1) is 12.2. The third-order valence-corrected chi connectivity index (χ3v) is 3.07. The van der Waals surface area contributed by atoms with Gasteiger partial charge < -0.3 is 20.1 Å². The predicted octanol–water partition coefficient (Wildman–Crippen LogP) is -2.87. The zero-order valence-electron chi connectivity index (χ0n) is 9.54. The van der Waals surface area contributed by atoms with Crippen LogP contribution in [0, 0.1) is 0 Å². The van der Waals surface area contributed by atoms with E-state index in [0.717, 1.165) is 0 Å². The molecule has 3 heterocycles. The fraction of sp³-hybridized carbons (Fsp3) is 0.556. The van der Waals surface area contributed by atoms with Crippen molar-refractivity contribution in [3.63, 3.8) is 0 Å². The molecule has 0 spiro atoms. The second kappa shape index (κ2) is 4.35. The molecule has 10 nitrogen and oxygen atoms in total. The number of hydrogen-bond donors (Lipinski definition) is 4. The summed E-state index contributed by atoms with van der Waals surface area (Å²) in [6.07, 6.45) is -3.15. The Hall–Kier alpha value is -1.88. The van der Waals surface area contributed by atoms with Crippen LogP contribution in [0.2, 0.25) is 0 Å². The zero-order chi connectivity index (χ0) is 13.6. The van der Waals surface area contributed by atoms with Crippen LogP contribution in [0.3, 0.4) is 0 Å². The fourth-order valence-corrected chi connectivity index (χ4v) is 2.08. The Kier molecular flexibility index (Phi) is 2.78. The Balaban J connectivity index is 2.06. The molecule has 0 amide bonds. The summed E-state index contributed by atoms with van der Waals surface area (Å²) in [5.41, 5.74) is -0.346. The molecule has 4 atom stereocenters. The van der Waals surface area contributed by atoms with Gasteiger partial charge in [-0.2, -0.15) is 0 Å². The molecule has 19 heavy (non-hydrogen) atoms. The van der Waals surface area contributed by atoms with Gasteiger partial charge in [0.1, 0.15) is 18.3 Å². The Morgan fingerprint density at radius 2 is 2.21 bits per heavy atom. The molecule has 4 unspecified atom stereocenters. The van der Waals surface area contributed by atoms with E-state index in [1.807, 2.05) is 0 Å². The Bertz CT molecular complexity index is 654. The molecule has 1 aliphatic rings. The van der Waals surface area contributed by atoms with Crippen molar-refractivity contribution in [1.82, 2.24) is 25.0 Å². The van der Waals surface area contributed by atoms with Gasteiger partial charge in [-0.1, -0.05) is 5.21 Å². The van der Waals surface area contributed by atoms with E-state index in [0.29, 0.717) is 0 Å². The van der Waals surface area contributed by atoms with Gasteiger partial charge in [0.2, 0.25) is 0 Å². The largest absolute Gasteiger partial charge is 0.394 e. The van der Waals surface area contributed by atoms with Crippen molar-refractivity contribution >= 4 is 11.2 Å². The summed E-state index contributed by atoms with van der Waals surface area (Å²) in [5.74, 6) is 0. The smallest absolute Gasteiger partial charge is 0.295 e. The minimum absolute atomic E-state index is 0.0488. The second-order valence-electron chi connectivity index (χ2n) is 4.19. The van der Waals surface area contributed by atoms with E-state index in [1.165, 1.54) is 10.9 Å². The van der Waals surface area contributed by atoms with Crippen LogP contribution in [0.4, 0.5) is 0 Å². The van der Waals surface area contributed by atoms with Crippen molar-refractivity contribution < 1.29 is 20.1 Å². The van der Waals surface area contributed by atoms with Crippen molar-refractivity contribution in [2.75, 3.05) is 6.61 Å². The van der Waals surface area contributed by atoms with Crippen LogP contribution in [0.1, 0.15) is 6.23 Å². The normalized spacial score (nSPS) is 31.1. The van der Waals surface area contributed by atoms with E-state index in [-0.39, 0.29) is 11.2 Å². The number of aliphatic hydroxyl groups is 3. The first-order chi connectivity index (χ1) is 9.13. The summed E-state index contributed by atoms with van der Waals surface area (Å²) in [5, 5.41) is 37.8. The Morgan fingerprint density at radius 1 is 1.42 bits per heavy atom. The van der Waals surface area contributed by atoms with Crippen molar-refractivity contribution in [3.8, 4) is 0 Å². The summed E-state index contributed by atoms with van der Waals surface area (Å²) in [6.45, 7) is -0.437. The maximum absolute atomic E-state index is 11.4. The van der Waals surface area contributed by atoms with Crippen LogP contribution in [0.25, 0.3) is 11.2 Å². The molecular formula is C9H11N5O5. The molecule has 0 saturated carbocycles. The highest BCUT2D eigenvalue weighted by Gasteiger charge is 2.44. The van der Waals surface area contributed by atoms with Gasteiger partial charge in [0.25, 0.3) is 5.56 Å². The van der Waals surface area contributed by atoms with E-state index in [9.17, 15) is 15.0 Å². The quantitative estimate of drug-likeness (QED) is 0.455. The van der Waals surface area contributed by atoms with Crippen molar-refractivity contribution in [1.29, 1.82) is 0 Å². The number of aromatic amines is 1. The minimum atomic E-state index is -1.27. The molecule has 102 valence electrons. The molecule has 0 aliphatic carbocycles. The van der Waals surface area contributed by atoms with Crippen LogP contribution >= 0.6 is 0 Å². The highest BCUT2D eigenvalue weighted by atomic mass is 16.6. The SMILES string of the molecule is O=c1[nH]nnc2c1ncn2C1OC(CO)C(O)C1O. The van der Waals surface area contributed by atoms with E-state index in [1.54, 1.807) is 0 Å². The summed E-state index contributed by atoms with van der Waals surface area (Å²) < 4.78 is 6.61. The molecule has 0 aromatic carbocycles. The number of fused-ring (bicyclic) bond motifs is 1. The number of hydrogen-bond acceptors (Lipinski definition) is 8. The van der Waals surface area contributed by atoms with E-state index >= 15 is 0 Å². The van der Waals surface area contributed by atoms with Crippen LogP contribution < -0.4 is 5.56 Å². The van der Waals surface area contributed by atoms with Crippen LogP contribution in [-0.2, 0) is 4.74 Å². The fourth-order valence-electron chi connectivity index (χ4n) is 2.08. The van der Waals surface area contributed by atoms with Crippen LogP contribution in [-0.4, -0.2) is 65.2 Å². The van der Waals surface area contributed by atoms with Gasteiger partial charge in [-0.15, -0.1) is 5.10 Å². The van der Waals surface area contributed by atoms with Crippen molar-refractivity contribution in [2.24, 2.45) is 0 Å². The summed E-state index contributed by atoms with van der Waals surface area (Å²) in [6, 6.07) is 0. The number of ether oxygens (including phenoxy) is 1.